The average Bonchev–Trinajstić information content (AvgIpc) is 3.51. The number of hydrogen-bond donors (Lipinski definition) is 0. The van der Waals surface area contributed by atoms with Gasteiger partial charge in [0, 0.05) is 46.0 Å². The van der Waals surface area contributed by atoms with Gasteiger partial charge < -0.3 is 56.8 Å². The molecular formula is C47H62O12. The van der Waals surface area contributed by atoms with Crippen LogP contribution in [0.15, 0.2) is 84.9 Å². The van der Waals surface area contributed by atoms with Gasteiger partial charge in [0.25, 0.3) is 0 Å². The monoisotopic (exact) mass is 818 g/mol. The summed E-state index contributed by atoms with van der Waals surface area (Å²) in [5.41, 5.74) is 6.60. The fraction of sp³-hybridized carbons (Fsp3) is 0.489. The third kappa shape index (κ3) is 14.5. The van der Waals surface area contributed by atoms with Crippen LogP contribution in [0.5, 0.6) is 23.0 Å². The van der Waals surface area contributed by atoms with E-state index in [0.717, 1.165) is 11.1 Å². The molecule has 1 aliphatic carbocycles. The fourth-order valence-corrected chi connectivity index (χ4v) is 7.21. The number of hydrogen-bond acceptors (Lipinski definition) is 12. The summed E-state index contributed by atoms with van der Waals surface area (Å²) in [7, 11) is 6.63. The first-order valence-corrected chi connectivity index (χ1v) is 20.4. The van der Waals surface area contributed by atoms with Gasteiger partial charge in [0.1, 0.15) is 49.4 Å². The van der Waals surface area contributed by atoms with E-state index in [1.54, 1.807) is 28.4 Å². The van der Waals surface area contributed by atoms with Crippen molar-refractivity contribution in [1.29, 1.82) is 0 Å². The predicted octanol–water partition coefficient (Wildman–Crippen LogP) is 6.61. The maximum absolute atomic E-state index is 6.29. The molecule has 59 heavy (non-hydrogen) atoms. The van der Waals surface area contributed by atoms with Crippen LogP contribution in [0.1, 0.15) is 22.3 Å². The van der Waals surface area contributed by atoms with E-state index in [0.29, 0.717) is 142 Å². The van der Waals surface area contributed by atoms with Crippen LogP contribution in [0.3, 0.4) is 0 Å². The van der Waals surface area contributed by atoms with E-state index in [4.69, 9.17) is 56.8 Å². The predicted molar refractivity (Wildman–Crippen MR) is 226 cm³/mol. The average molecular weight is 819 g/mol. The van der Waals surface area contributed by atoms with E-state index in [9.17, 15) is 0 Å². The minimum atomic E-state index is -0.474. The molecule has 0 heterocycles. The van der Waals surface area contributed by atoms with Gasteiger partial charge in [-0.25, -0.2) is 0 Å². The molecule has 0 unspecified atom stereocenters. The molecule has 0 saturated heterocycles. The second-order valence-electron chi connectivity index (χ2n) is 14.0. The zero-order valence-electron chi connectivity index (χ0n) is 35.2. The van der Waals surface area contributed by atoms with Crippen molar-refractivity contribution in [3.63, 3.8) is 0 Å². The first kappa shape index (κ1) is 45.8. The van der Waals surface area contributed by atoms with E-state index in [-0.39, 0.29) is 0 Å². The summed E-state index contributed by atoms with van der Waals surface area (Å²) < 4.78 is 68.4. The lowest BCUT2D eigenvalue weighted by atomic mass is 9.69. The summed E-state index contributed by atoms with van der Waals surface area (Å²) in [5, 5.41) is 0. The molecule has 0 aromatic heterocycles. The summed E-state index contributed by atoms with van der Waals surface area (Å²) in [6, 6.07) is 29.8. The molecule has 322 valence electrons. The van der Waals surface area contributed by atoms with Gasteiger partial charge in [-0.1, -0.05) is 48.5 Å². The zero-order valence-corrected chi connectivity index (χ0v) is 35.2. The largest absolute Gasteiger partial charge is 0.491 e. The normalized spacial score (nSPS) is 12.6. The highest BCUT2D eigenvalue weighted by Gasteiger charge is 2.43. The standard InChI is InChI=1S/C47H62O12/c1-48-13-17-52-21-25-56-39-29-37(30-40(33-39)57-26-22-53-18-14-49-2)35-47(45-11-7-5-9-43(45)44-10-6-8-12-46(44)47)36-38-31-41(58-27-23-54-19-15-50-3)34-42(32-38)59-28-24-55-20-16-51-4/h5-12,29-34H,13-28,35-36H2,1-4H3. The molecule has 12 heteroatoms. The molecule has 4 aromatic rings. The van der Waals surface area contributed by atoms with Crippen molar-refractivity contribution in [1.82, 2.24) is 0 Å². The first-order valence-electron chi connectivity index (χ1n) is 20.4. The maximum atomic E-state index is 6.29. The van der Waals surface area contributed by atoms with Crippen LogP contribution in [0, 0.1) is 0 Å². The van der Waals surface area contributed by atoms with Gasteiger partial charge >= 0.3 is 0 Å². The molecule has 0 bridgehead atoms. The van der Waals surface area contributed by atoms with Crippen molar-refractivity contribution in [2.45, 2.75) is 18.3 Å². The summed E-state index contributed by atoms with van der Waals surface area (Å²) in [5.74, 6) is 2.81. The van der Waals surface area contributed by atoms with Gasteiger partial charge in [0.05, 0.1) is 79.3 Å². The summed E-state index contributed by atoms with van der Waals surface area (Å²) in [6.45, 7) is 7.39. The lowest BCUT2D eigenvalue weighted by Crippen LogP contribution is -2.31. The Balaban J connectivity index is 1.49. The number of rotatable bonds is 32. The first-order chi connectivity index (χ1) is 29.1. The highest BCUT2D eigenvalue weighted by molar-refractivity contribution is 5.81. The highest BCUT2D eigenvalue weighted by Crippen LogP contribution is 2.53. The number of ether oxygens (including phenoxy) is 12. The van der Waals surface area contributed by atoms with E-state index >= 15 is 0 Å². The zero-order chi connectivity index (χ0) is 41.4. The van der Waals surface area contributed by atoms with Gasteiger partial charge in [-0.3, -0.25) is 0 Å². The van der Waals surface area contributed by atoms with Crippen LogP contribution >= 0.6 is 0 Å². The van der Waals surface area contributed by atoms with Crippen LogP contribution in [-0.4, -0.2) is 134 Å². The van der Waals surface area contributed by atoms with Gasteiger partial charge in [-0.2, -0.15) is 0 Å². The molecule has 0 aliphatic heterocycles. The molecule has 4 aromatic carbocycles. The summed E-state index contributed by atoms with van der Waals surface area (Å²) in [4.78, 5) is 0. The van der Waals surface area contributed by atoms with Crippen molar-refractivity contribution in [2.24, 2.45) is 0 Å². The van der Waals surface area contributed by atoms with Crippen LogP contribution in [-0.2, 0) is 56.2 Å². The van der Waals surface area contributed by atoms with E-state index in [2.05, 4.69) is 72.8 Å². The van der Waals surface area contributed by atoms with E-state index < -0.39 is 5.41 Å². The Labute approximate surface area is 349 Å². The van der Waals surface area contributed by atoms with Crippen molar-refractivity contribution in [3.8, 4) is 34.1 Å². The third-order valence-electron chi connectivity index (χ3n) is 9.78. The van der Waals surface area contributed by atoms with Gasteiger partial charge in [-0.05, 0) is 70.5 Å². The molecule has 0 amide bonds. The number of methoxy groups -OCH3 is 4. The lowest BCUT2D eigenvalue weighted by molar-refractivity contribution is 0.0532. The SMILES string of the molecule is COCCOCCOc1cc(CC2(Cc3cc(OCCOCCOC)cc(OCCOCCOC)c3)c3ccccc3-c3ccccc32)cc(OCCOCCOC)c1. The molecule has 5 rings (SSSR count). The van der Waals surface area contributed by atoms with Crippen molar-refractivity contribution < 1.29 is 56.8 Å². The molecule has 1 aliphatic rings. The second-order valence-corrected chi connectivity index (χ2v) is 14.0. The summed E-state index contributed by atoms with van der Waals surface area (Å²) >= 11 is 0. The fourth-order valence-electron chi connectivity index (χ4n) is 7.21. The molecule has 12 nitrogen and oxygen atoms in total. The van der Waals surface area contributed by atoms with Crippen molar-refractivity contribution in [2.75, 3.05) is 134 Å². The topological polar surface area (TPSA) is 111 Å². The highest BCUT2D eigenvalue weighted by atomic mass is 16.6. The Morgan fingerprint density at radius 3 is 0.932 bits per heavy atom. The van der Waals surface area contributed by atoms with Crippen LogP contribution < -0.4 is 18.9 Å². The Kier molecular flexibility index (Phi) is 20.3. The summed E-state index contributed by atoms with van der Waals surface area (Å²) in [6.07, 6.45) is 1.32. The Hall–Kier alpha value is -4.24. The molecular weight excluding hydrogens is 757 g/mol. The number of fused-ring (bicyclic) bond motifs is 3. The molecule has 0 saturated carbocycles. The van der Waals surface area contributed by atoms with Gasteiger partial charge in [0.15, 0.2) is 0 Å². The maximum Gasteiger partial charge on any atom is 0.123 e. The molecule has 0 N–H and O–H groups in total. The molecule has 0 radical (unpaired) electrons. The second kappa shape index (κ2) is 26.1. The van der Waals surface area contributed by atoms with Crippen LogP contribution in [0.4, 0.5) is 0 Å². The minimum Gasteiger partial charge on any atom is -0.491 e. The minimum absolute atomic E-state index is 0.383. The number of benzene rings is 4. The van der Waals surface area contributed by atoms with Crippen molar-refractivity contribution >= 4 is 0 Å². The van der Waals surface area contributed by atoms with Crippen molar-refractivity contribution in [3.05, 3.63) is 107 Å². The van der Waals surface area contributed by atoms with Crippen LogP contribution in [0.25, 0.3) is 11.1 Å². The lowest BCUT2D eigenvalue weighted by Gasteiger charge is -2.33. The Bertz CT molecular complexity index is 1580. The van der Waals surface area contributed by atoms with E-state index in [1.165, 1.54) is 22.3 Å². The molecule has 0 atom stereocenters. The van der Waals surface area contributed by atoms with Crippen LogP contribution in [0.2, 0.25) is 0 Å². The molecule has 0 spiro atoms. The smallest absolute Gasteiger partial charge is 0.123 e. The Morgan fingerprint density at radius 1 is 0.339 bits per heavy atom. The Morgan fingerprint density at radius 2 is 0.627 bits per heavy atom. The van der Waals surface area contributed by atoms with Gasteiger partial charge in [-0.15, -0.1) is 0 Å². The van der Waals surface area contributed by atoms with E-state index in [1.807, 2.05) is 12.1 Å². The third-order valence-corrected chi connectivity index (χ3v) is 9.78. The van der Waals surface area contributed by atoms with Gasteiger partial charge in [0.2, 0.25) is 0 Å². The quantitative estimate of drug-likeness (QED) is 0.0495. The molecule has 0 fully saturated rings.